The molecule has 2 aromatic rings. The number of nitrogens with zero attached hydrogens (tertiary/aromatic N) is 2. The van der Waals surface area contributed by atoms with Crippen molar-refractivity contribution >= 4 is 41.5 Å². The summed E-state index contributed by atoms with van der Waals surface area (Å²) in [4.78, 5) is 18.4. The van der Waals surface area contributed by atoms with Crippen LogP contribution in [0.1, 0.15) is 18.9 Å². The van der Waals surface area contributed by atoms with Crippen LogP contribution in [0.25, 0.3) is 0 Å². The monoisotopic (exact) mass is 575 g/mol. The van der Waals surface area contributed by atoms with Gasteiger partial charge in [0, 0.05) is 38.3 Å². The van der Waals surface area contributed by atoms with Crippen LogP contribution in [-0.2, 0) is 11.2 Å². The molecule has 6 nitrogen and oxygen atoms in total. The van der Waals surface area contributed by atoms with Gasteiger partial charge in [0.05, 0.1) is 18.7 Å². The minimum Gasteiger partial charge on any atom is -0.367 e. The molecule has 0 radical (unpaired) electrons. The fraction of sp³-hybridized carbons (Fsp3) is 0.391. The lowest BCUT2D eigenvalue weighted by atomic mass is 10.1. The van der Waals surface area contributed by atoms with E-state index in [2.05, 4.69) is 20.9 Å². The maximum atomic E-state index is 14.0. The summed E-state index contributed by atoms with van der Waals surface area (Å²) in [6.07, 6.45) is 0.892. The Bertz CT molecular complexity index is 959. The number of benzene rings is 2. The normalized spacial score (nSPS) is 15.7. The molecule has 180 valence electrons. The Morgan fingerprint density at radius 2 is 1.91 bits per heavy atom. The number of carbonyl (C=O) groups is 1. The Hall–Kier alpha value is -2.50. The van der Waals surface area contributed by atoms with Gasteiger partial charge in [-0.25, -0.2) is 13.2 Å². The molecular weight excluding hydrogens is 546 g/mol. The van der Waals surface area contributed by atoms with Crippen molar-refractivity contribution in [1.82, 2.24) is 16.0 Å². The third-order valence-corrected chi connectivity index (χ3v) is 5.08. The number of guanidine groups is 1. The minimum absolute atomic E-state index is 0. The fourth-order valence-corrected chi connectivity index (χ4v) is 3.61. The van der Waals surface area contributed by atoms with Crippen molar-refractivity contribution < 1.29 is 18.0 Å². The van der Waals surface area contributed by atoms with Gasteiger partial charge in [-0.2, -0.15) is 0 Å². The van der Waals surface area contributed by atoms with Gasteiger partial charge in [-0.3, -0.25) is 9.79 Å². The molecule has 0 saturated carbocycles. The predicted octanol–water partition coefficient (Wildman–Crippen LogP) is 3.21. The van der Waals surface area contributed by atoms with E-state index in [0.717, 1.165) is 12.5 Å². The number of carbonyl (C=O) groups excluding carboxylic acids is 1. The third kappa shape index (κ3) is 8.41. The second-order valence-electron chi connectivity index (χ2n) is 7.59. The summed E-state index contributed by atoms with van der Waals surface area (Å²) < 4.78 is 40.4. The average Bonchev–Trinajstić information content (AvgIpc) is 3.19. The van der Waals surface area contributed by atoms with Crippen LogP contribution in [0.4, 0.5) is 18.9 Å². The van der Waals surface area contributed by atoms with Gasteiger partial charge < -0.3 is 20.9 Å². The van der Waals surface area contributed by atoms with Gasteiger partial charge >= 0.3 is 0 Å². The van der Waals surface area contributed by atoms with E-state index < -0.39 is 11.6 Å². The molecule has 2 aromatic carbocycles. The smallest absolute Gasteiger partial charge is 0.224 e. The molecule has 0 aromatic heterocycles. The van der Waals surface area contributed by atoms with E-state index >= 15 is 0 Å². The summed E-state index contributed by atoms with van der Waals surface area (Å²) in [7, 11) is 0. The average molecular weight is 575 g/mol. The highest BCUT2D eigenvalue weighted by molar-refractivity contribution is 14.0. The first-order valence-corrected chi connectivity index (χ1v) is 10.7. The van der Waals surface area contributed by atoms with E-state index in [1.807, 2.05) is 11.8 Å². The fourth-order valence-electron chi connectivity index (χ4n) is 3.61. The molecule has 3 N–H and O–H groups in total. The summed E-state index contributed by atoms with van der Waals surface area (Å²) >= 11 is 0. The molecule has 1 saturated heterocycles. The highest BCUT2D eigenvalue weighted by Gasteiger charge is 2.25. The van der Waals surface area contributed by atoms with Crippen molar-refractivity contribution in [1.29, 1.82) is 0 Å². The van der Waals surface area contributed by atoms with Gasteiger partial charge in [0.2, 0.25) is 5.91 Å². The largest absolute Gasteiger partial charge is 0.367 e. The van der Waals surface area contributed by atoms with E-state index in [0.29, 0.717) is 49.9 Å². The maximum absolute atomic E-state index is 14.0. The maximum Gasteiger partial charge on any atom is 0.224 e. The molecule has 10 heteroatoms. The van der Waals surface area contributed by atoms with Gasteiger partial charge in [0.25, 0.3) is 0 Å². The van der Waals surface area contributed by atoms with Crippen molar-refractivity contribution in [2.75, 3.05) is 37.6 Å². The van der Waals surface area contributed by atoms with Crippen LogP contribution >= 0.6 is 24.0 Å². The summed E-state index contributed by atoms with van der Waals surface area (Å²) in [5.74, 6) is -1.12. The standard InChI is InChI=1S/C23H28F3N5O.HI/c1-2-27-23(29-10-9-28-22(32)13-16-4-3-5-17(24)12-16)30-19-8-11-31(15-19)21-7-6-18(25)14-20(21)26;/h3-7,12,14,19H,2,8-11,13,15H2,1H3,(H,28,32)(H2,27,29,30);1H. The highest BCUT2D eigenvalue weighted by Crippen LogP contribution is 2.24. The van der Waals surface area contributed by atoms with Gasteiger partial charge in [-0.05, 0) is 43.2 Å². The summed E-state index contributed by atoms with van der Waals surface area (Å²) in [5.41, 5.74) is 1.00. The van der Waals surface area contributed by atoms with Crippen LogP contribution in [-0.4, -0.2) is 50.6 Å². The number of amides is 1. The number of rotatable bonds is 8. The highest BCUT2D eigenvalue weighted by atomic mass is 127. The number of hydrogen-bond acceptors (Lipinski definition) is 3. The molecule has 1 atom stereocenters. The molecule has 1 amide bonds. The quantitative estimate of drug-likeness (QED) is 0.196. The van der Waals surface area contributed by atoms with Crippen molar-refractivity contribution in [2.24, 2.45) is 4.99 Å². The zero-order valence-electron chi connectivity index (χ0n) is 18.4. The molecule has 0 aliphatic carbocycles. The van der Waals surface area contributed by atoms with Crippen molar-refractivity contribution in [3.05, 3.63) is 65.5 Å². The van der Waals surface area contributed by atoms with Crippen LogP contribution < -0.4 is 20.9 Å². The predicted molar refractivity (Wildman–Crippen MR) is 135 cm³/mol. The van der Waals surface area contributed by atoms with Gasteiger partial charge in [0.15, 0.2) is 5.96 Å². The molecule has 1 aliphatic rings. The molecule has 33 heavy (non-hydrogen) atoms. The second kappa shape index (κ2) is 13.3. The number of hydrogen-bond donors (Lipinski definition) is 3. The Kier molecular flexibility index (Phi) is 10.8. The third-order valence-electron chi connectivity index (χ3n) is 5.08. The van der Waals surface area contributed by atoms with Crippen molar-refractivity contribution in [3.8, 4) is 0 Å². The van der Waals surface area contributed by atoms with Crippen LogP contribution in [0.5, 0.6) is 0 Å². The minimum atomic E-state index is -0.593. The van der Waals surface area contributed by atoms with E-state index in [1.165, 1.54) is 24.3 Å². The van der Waals surface area contributed by atoms with Crippen LogP contribution in [0, 0.1) is 17.5 Å². The second-order valence-corrected chi connectivity index (χ2v) is 7.59. The first-order chi connectivity index (χ1) is 15.4. The lowest BCUT2D eigenvalue weighted by molar-refractivity contribution is -0.120. The number of anilines is 1. The summed E-state index contributed by atoms with van der Waals surface area (Å²) in [6, 6.07) is 9.62. The first-order valence-electron chi connectivity index (χ1n) is 10.7. The molecule has 0 spiro atoms. The molecule has 1 heterocycles. The molecular formula is C23H29F3IN5O. The lowest BCUT2D eigenvalue weighted by Crippen LogP contribution is -2.45. The zero-order valence-corrected chi connectivity index (χ0v) is 20.7. The Labute approximate surface area is 209 Å². The molecule has 1 unspecified atom stereocenters. The molecule has 1 fully saturated rings. The number of nitrogens with one attached hydrogen (secondary N) is 3. The Morgan fingerprint density at radius 1 is 1.12 bits per heavy atom. The van der Waals surface area contributed by atoms with Gasteiger partial charge in [-0.15, -0.1) is 24.0 Å². The van der Waals surface area contributed by atoms with E-state index in [9.17, 15) is 18.0 Å². The van der Waals surface area contributed by atoms with Gasteiger partial charge in [-0.1, -0.05) is 12.1 Å². The van der Waals surface area contributed by atoms with Crippen molar-refractivity contribution in [3.63, 3.8) is 0 Å². The Morgan fingerprint density at radius 3 is 2.64 bits per heavy atom. The van der Waals surface area contributed by atoms with E-state index in [4.69, 9.17) is 0 Å². The van der Waals surface area contributed by atoms with Crippen LogP contribution in [0.3, 0.4) is 0 Å². The topological polar surface area (TPSA) is 68.8 Å². The Balaban J connectivity index is 0.00000385. The SMILES string of the molecule is CCNC(=NCCNC(=O)Cc1cccc(F)c1)NC1CCN(c2ccc(F)cc2F)C1.I. The van der Waals surface area contributed by atoms with Crippen LogP contribution in [0.15, 0.2) is 47.5 Å². The lowest BCUT2D eigenvalue weighted by Gasteiger charge is -2.21. The van der Waals surface area contributed by atoms with Crippen molar-refractivity contribution in [2.45, 2.75) is 25.8 Å². The van der Waals surface area contributed by atoms with Crippen LogP contribution in [0.2, 0.25) is 0 Å². The van der Waals surface area contributed by atoms with Gasteiger partial charge in [0.1, 0.15) is 17.5 Å². The number of halogens is 4. The molecule has 0 bridgehead atoms. The number of aliphatic imine (C=N–C) groups is 1. The molecule has 1 aliphatic heterocycles. The molecule has 3 rings (SSSR count). The first kappa shape index (κ1) is 26.7. The van der Waals surface area contributed by atoms with E-state index in [-0.39, 0.29) is 48.2 Å². The summed E-state index contributed by atoms with van der Waals surface area (Å²) in [6.45, 7) is 4.55. The van der Waals surface area contributed by atoms with E-state index in [1.54, 1.807) is 12.1 Å². The zero-order chi connectivity index (χ0) is 22.9. The summed E-state index contributed by atoms with van der Waals surface area (Å²) in [5, 5.41) is 9.26.